The Labute approximate surface area is 217 Å². The molecule has 1 aliphatic heterocycles. The molecule has 0 spiro atoms. The molecule has 5 rings (SSSR count). The number of methoxy groups -OCH3 is 1. The zero-order chi connectivity index (χ0) is 25.5. The van der Waals surface area contributed by atoms with Crippen LogP contribution in [0.25, 0.3) is 11.3 Å². The lowest BCUT2D eigenvalue weighted by molar-refractivity contribution is 0.0162. The first-order valence-electron chi connectivity index (χ1n) is 12.6. The number of carbonyl (C=O) groups is 1. The van der Waals surface area contributed by atoms with E-state index in [2.05, 4.69) is 34.5 Å². The van der Waals surface area contributed by atoms with Crippen molar-refractivity contribution in [2.75, 3.05) is 40.0 Å². The monoisotopic (exact) mass is 496 g/mol. The Morgan fingerprint density at radius 3 is 2.32 bits per heavy atom. The largest absolute Gasteiger partial charge is 0.497 e. The topological polar surface area (TPSA) is 68.6 Å². The number of hydrogen-bond donors (Lipinski definition) is 1. The third kappa shape index (κ3) is 6.07. The number of hydrogen-bond acceptors (Lipinski definition) is 5. The minimum absolute atomic E-state index is 0.0262. The van der Waals surface area contributed by atoms with E-state index in [1.165, 1.54) is 0 Å². The second-order valence-corrected chi connectivity index (χ2v) is 9.09. The quantitative estimate of drug-likeness (QED) is 0.372. The van der Waals surface area contributed by atoms with Crippen LogP contribution in [0.1, 0.15) is 27.5 Å². The van der Waals surface area contributed by atoms with E-state index in [4.69, 9.17) is 14.6 Å². The van der Waals surface area contributed by atoms with Crippen LogP contribution in [0.5, 0.6) is 5.75 Å². The Kier molecular flexibility index (Phi) is 7.93. The van der Waals surface area contributed by atoms with Crippen molar-refractivity contribution in [3.8, 4) is 17.0 Å². The molecule has 1 N–H and O–H groups in total. The number of nitrogens with zero attached hydrogens (tertiary/aromatic N) is 3. The maximum Gasteiger partial charge on any atom is 0.255 e. The Balaban J connectivity index is 1.39. The molecular formula is C30H32N4O3. The summed E-state index contributed by atoms with van der Waals surface area (Å²) in [6, 6.07) is 28.1. The zero-order valence-corrected chi connectivity index (χ0v) is 21.0. The molecule has 1 aromatic heterocycles. The summed E-state index contributed by atoms with van der Waals surface area (Å²) in [6.45, 7) is 4.07. The van der Waals surface area contributed by atoms with Crippen LogP contribution < -0.4 is 10.1 Å². The highest BCUT2D eigenvalue weighted by molar-refractivity contribution is 5.99. The molecule has 1 atom stereocenters. The molecule has 1 fully saturated rings. The Hall–Kier alpha value is -3.94. The van der Waals surface area contributed by atoms with E-state index in [1.54, 1.807) is 7.11 Å². The molecule has 7 nitrogen and oxygen atoms in total. The predicted octanol–water partition coefficient (Wildman–Crippen LogP) is 4.41. The number of ether oxygens (including phenoxy) is 2. The first-order valence-corrected chi connectivity index (χ1v) is 12.6. The number of amides is 1. The molecule has 1 aliphatic rings. The molecule has 3 aromatic carbocycles. The average molecular weight is 497 g/mol. The van der Waals surface area contributed by atoms with Gasteiger partial charge in [0.1, 0.15) is 11.4 Å². The Bertz CT molecular complexity index is 1280. The third-order valence-corrected chi connectivity index (χ3v) is 6.68. The van der Waals surface area contributed by atoms with Crippen LogP contribution in [-0.2, 0) is 11.3 Å². The fourth-order valence-electron chi connectivity index (χ4n) is 4.71. The fourth-order valence-corrected chi connectivity index (χ4v) is 4.71. The summed E-state index contributed by atoms with van der Waals surface area (Å²) in [7, 11) is 1.66. The number of benzene rings is 3. The van der Waals surface area contributed by atoms with Crippen molar-refractivity contribution in [1.82, 2.24) is 20.0 Å². The number of carbonyl (C=O) groups excluding carboxylic acids is 1. The number of morpholine rings is 1. The standard InChI is InChI=1S/C30H32N4O3/c1-36-26-14-12-24(13-15-26)28(33-16-18-37-19-17-33)20-31-30(35)27-22-34(21-23-8-4-2-5-9-23)32-29(27)25-10-6-3-7-11-25/h2-15,22,28H,16-21H2,1H3,(H,31,35)/t28-/m0/s1. The molecule has 0 bridgehead atoms. The van der Waals surface area contributed by atoms with Crippen molar-refractivity contribution in [3.05, 3.63) is 108 Å². The van der Waals surface area contributed by atoms with Crippen molar-refractivity contribution in [1.29, 1.82) is 0 Å². The van der Waals surface area contributed by atoms with Gasteiger partial charge in [-0.3, -0.25) is 14.4 Å². The van der Waals surface area contributed by atoms with Crippen LogP contribution in [0.4, 0.5) is 0 Å². The van der Waals surface area contributed by atoms with E-state index in [0.717, 1.165) is 35.5 Å². The second-order valence-electron chi connectivity index (χ2n) is 9.09. The van der Waals surface area contributed by atoms with Crippen LogP contribution in [-0.4, -0.2) is 60.5 Å². The van der Waals surface area contributed by atoms with Crippen molar-refractivity contribution < 1.29 is 14.3 Å². The zero-order valence-electron chi connectivity index (χ0n) is 21.0. The summed E-state index contributed by atoms with van der Waals surface area (Å²) < 4.78 is 12.8. The molecule has 2 heterocycles. The second kappa shape index (κ2) is 11.9. The molecule has 0 unspecified atom stereocenters. The predicted molar refractivity (Wildman–Crippen MR) is 144 cm³/mol. The number of nitrogens with one attached hydrogen (secondary N) is 1. The van der Waals surface area contributed by atoms with Gasteiger partial charge in [0.15, 0.2) is 0 Å². The summed E-state index contributed by atoms with van der Waals surface area (Å²) in [5, 5.41) is 8.01. The highest BCUT2D eigenvalue weighted by atomic mass is 16.5. The van der Waals surface area contributed by atoms with E-state index < -0.39 is 0 Å². The van der Waals surface area contributed by atoms with Crippen LogP contribution >= 0.6 is 0 Å². The summed E-state index contributed by atoms with van der Waals surface area (Å²) in [5.41, 5.74) is 4.42. The lowest BCUT2D eigenvalue weighted by Crippen LogP contribution is -2.43. The van der Waals surface area contributed by atoms with Crippen molar-refractivity contribution in [2.45, 2.75) is 12.6 Å². The van der Waals surface area contributed by atoms with Gasteiger partial charge in [0.25, 0.3) is 5.91 Å². The van der Waals surface area contributed by atoms with Crippen LogP contribution in [0.2, 0.25) is 0 Å². The smallest absolute Gasteiger partial charge is 0.255 e. The molecule has 1 amide bonds. The maximum atomic E-state index is 13.6. The fraction of sp³-hybridized carbons (Fsp3) is 0.267. The average Bonchev–Trinajstić information content (AvgIpc) is 3.39. The van der Waals surface area contributed by atoms with Crippen molar-refractivity contribution >= 4 is 5.91 Å². The molecule has 0 radical (unpaired) electrons. The molecule has 0 saturated carbocycles. The van der Waals surface area contributed by atoms with Gasteiger partial charge in [-0.15, -0.1) is 0 Å². The van der Waals surface area contributed by atoms with E-state index in [0.29, 0.717) is 37.6 Å². The molecule has 1 saturated heterocycles. The van der Waals surface area contributed by atoms with Gasteiger partial charge in [0, 0.05) is 31.4 Å². The Morgan fingerprint density at radius 1 is 0.973 bits per heavy atom. The van der Waals surface area contributed by atoms with Crippen LogP contribution in [0.3, 0.4) is 0 Å². The van der Waals surface area contributed by atoms with E-state index in [-0.39, 0.29) is 11.9 Å². The molecule has 0 aliphatic carbocycles. The van der Waals surface area contributed by atoms with E-state index in [9.17, 15) is 4.79 Å². The minimum Gasteiger partial charge on any atom is -0.497 e. The van der Waals surface area contributed by atoms with Gasteiger partial charge < -0.3 is 14.8 Å². The highest BCUT2D eigenvalue weighted by Gasteiger charge is 2.25. The first-order chi connectivity index (χ1) is 18.2. The van der Waals surface area contributed by atoms with Crippen LogP contribution in [0.15, 0.2) is 91.1 Å². The van der Waals surface area contributed by atoms with Gasteiger partial charge in [0.2, 0.25) is 0 Å². The molecule has 7 heteroatoms. The molecule has 37 heavy (non-hydrogen) atoms. The van der Waals surface area contributed by atoms with Gasteiger partial charge in [0.05, 0.1) is 38.5 Å². The summed E-state index contributed by atoms with van der Waals surface area (Å²) in [4.78, 5) is 16.0. The summed E-state index contributed by atoms with van der Waals surface area (Å²) in [5.74, 6) is 0.678. The van der Waals surface area contributed by atoms with Gasteiger partial charge in [-0.2, -0.15) is 5.10 Å². The van der Waals surface area contributed by atoms with Crippen LogP contribution in [0, 0.1) is 0 Å². The Morgan fingerprint density at radius 2 is 1.65 bits per heavy atom. The lowest BCUT2D eigenvalue weighted by atomic mass is 10.0. The van der Waals surface area contributed by atoms with Gasteiger partial charge in [-0.05, 0) is 23.3 Å². The minimum atomic E-state index is -0.134. The van der Waals surface area contributed by atoms with Crippen molar-refractivity contribution in [2.24, 2.45) is 0 Å². The summed E-state index contributed by atoms with van der Waals surface area (Å²) in [6.07, 6.45) is 1.85. The lowest BCUT2D eigenvalue weighted by Gasteiger charge is -2.35. The third-order valence-electron chi connectivity index (χ3n) is 6.68. The van der Waals surface area contributed by atoms with Gasteiger partial charge >= 0.3 is 0 Å². The number of rotatable bonds is 9. The number of aromatic nitrogens is 2. The van der Waals surface area contributed by atoms with E-state index >= 15 is 0 Å². The highest BCUT2D eigenvalue weighted by Crippen LogP contribution is 2.25. The normalized spacial score (nSPS) is 14.7. The maximum absolute atomic E-state index is 13.6. The molecule has 4 aromatic rings. The van der Waals surface area contributed by atoms with Gasteiger partial charge in [-0.25, -0.2) is 0 Å². The molecule has 190 valence electrons. The van der Waals surface area contributed by atoms with E-state index in [1.807, 2.05) is 71.5 Å². The first kappa shape index (κ1) is 24.7. The molecular weight excluding hydrogens is 464 g/mol. The summed E-state index contributed by atoms with van der Waals surface area (Å²) >= 11 is 0. The van der Waals surface area contributed by atoms with Crippen molar-refractivity contribution in [3.63, 3.8) is 0 Å². The SMILES string of the molecule is COc1ccc([C@H](CNC(=O)c2cn(Cc3ccccc3)nc2-c2ccccc2)N2CCOCC2)cc1. The van der Waals surface area contributed by atoms with Gasteiger partial charge in [-0.1, -0.05) is 72.8 Å².